The first-order valence-corrected chi connectivity index (χ1v) is 15.4. The zero-order chi connectivity index (χ0) is 24.2. The normalized spacial score (nSPS) is 19.6. The number of hydrogen-bond donors (Lipinski definition) is 0. The molecule has 180 valence electrons. The molecule has 1 fully saturated rings. The molecule has 0 aliphatic carbocycles. The fourth-order valence-corrected chi connectivity index (χ4v) is 11.2. The minimum Gasteiger partial charge on any atom is -0.405 e. The summed E-state index contributed by atoms with van der Waals surface area (Å²) in [6.07, 6.45) is 1.83. The zero-order valence-corrected chi connectivity index (χ0v) is 22.0. The Morgan fingerprint density at radius 3 is 1.82 bits per heavy atom. The Hall–Kier alpha value is -2.25. The first-order valence-electron chi connectivity index (χ1n) is 11.9. The number of hydrogen-bond acceptors (Lipinski definition) is 4. The summed E-state index contributed by atoms with van der Waals surface area (Å²) in [6, 6.07) is 29.6. The fraction of sp³-hybridized carbons (Fsp3) is 0.357. The van der Waals surface area contributed by atoms with E-state index in [1.807, 2.05) is 18.2 Å². The molecule has 4 rings (SSSR count). The van der Waals surface area contributed by atoms with Crippen molar-refractivity contribution < 1.29 is 17.6 Å². The molecule has 2 atom stereocenters. The van der Waals surface area contributed by atoms with Gasteiger partial charge in [-0.3, -0.25) is 0 Å². The lowest BCUT2D eigenvalue weighted by Crippen LogP contribution is -2.67. The molecular formula is C28H34O4SSi. The Balaban J connectivity index is 1.62. The average Bonchev–Trinajstić information content (AvgIpc) is 2.86. The van der Waals surface area contributed by atoms with E-state index in [0.717, 1.165) is 12.8 Å². The second-order valence-corrected chi connectivity index (χ2v) is 16.3. The van der Waals surface area contributed by atoms with Crippen molar-refractivity contribution >= 4 is 28.5 Å². The zero-order valence-electron chi connectivity index (χ0n) is 20.2. The number of benzene rings is 3. The summed E-state index contributed by atoms with van der Waals surface area (Å²) >= 11 is 0. The molecule has 3 aromatic rings. The van der Waals surface area contributed by atoms with Gasteiger partial charge in [-0.1, -0.05) is 99.6 Å². The summed E-state index contributed by atoms with van der Waals surface area (Å²) in [5.74, 6) is 0. The van der Waals surface area contributed by atoms with Gasteiger partial charge in [0.25, 0.3) is 8.32 Å². The van der Waals surface area contributed by atoms with Crippen LogP contribution in [0.15, 0.2) is 95.9 Å². The third-order valence-electron chi connectivity index (χ3n) is 6.63. The van der Waals surface area contributed by atoms with E-state index in [0.29, 0.717) is 17.9 Å². The lowest BCUT2D eigenvalue weighted by molar-refractivity contribution is -0.0336. The predicted molar refractivity (Wildman–Crippen MR) is 140 cm³/mol. The fourth-order valence-electron chi connectivity index (χ4n) is 4.96. The Labute approximate surface area is 205 Å². The van der Waals surface area contributed by atoms with Crippen LogP contribution in [0, 0.1) is 0 Å². The molecule has 6 heteroatoms. The van der Waals surface area contributed by atoms with E-state index in [4.69, 9.17) is 9.16 Å². The largest absolute Gasteiger partial charge is 0.405 e. The highest BCUT2D eigenvalue weighted by atomic mass is 32.2. The van der Waals surface area contributed by atoms with Gasteiger partial charge in [0, 0.05) is 0 Å². The van der Waals surface area contributed by atoms with Gasteiger partial charge in [0.15, 0.2) is 5.44 Å². The molecule has 1 saturated heterocycles. The van der Waals surface area contributed by atoms with Crippen molar-refractivity contribution in [2.75, 3.05) is 6.61 Å². The van der Waals surface area contributed by atoms with Gasteiger partial charge >= 0.3 is 0 Å². The number of rotatable bonds is 7. The van der Waals surface area contributed by atoms with E-state index in [1.165, 1.54) is 10.4 Å². The van der Waals surface area contributed by atoms with Gasteiger partial charge in [-0.2, -0.15) is 0 Å². The second kappa shape index (κ2) is 10.2. The van der Waals surface area contributed by atoms with Gasteiger partial charge in [-0.15, -0.1) is 0 Å². The molecule has 4 nitrogen and oxygen atoms in total. The van der Waals surface area contributed by atoms with Crippen molar-refractivity contribution in [1.29, 1.82) is 0 Å². The quantitative estimate of drug-likeness (QED) is 0.437. The van der Waals surface area contributed by atoms with Crippen LogP contribution >= 0.6 is 0 Å². The molecule has 0 saturated carbocycles. The van der Waals surface area contributed by atoms with Crippen molar-refractivity contribution in [1.82, 2.24) is 0 Å². The maximum absolute atomic E-state index is 13.2. The smallest absolute Gasteiger partial charge is 0.261 e. The molecule has 0 unspecified atom stereocenters. The molecule has 0 amide bonds. The van der Waals surface area contributed by atoms with E-state index in [1.54, 1.807) is 24.3 Å². The van der Waals surface area contributed by atoms with Crippen LogP contribution in [0.2, 0.25) is 5.04 Å². The molecule has 1 aliphatic rings. The van der Waals surface area contributed by atoms with E-state index in [2.05, 4.69) is 69.3 Å². The van der Waals surface area contributed by atoms with Gasteiger partial charge < -0.3 is 9.16 Å². The SMILES string of the molecule is CC(C)(C)[Si](OC[C@H]1CCC[C@H](S(=O)(=O)c2ccccc2)O1)(c1ccccc1)c1ccccc1. The van der Waals surface area contributed by atoms with Gasteiger partial charge in [0.1, 0.15) is 0 Å². The standard InChI is InChI=1S/C28H34O4SSi/c1-28(2,3)34(25-17-9-5-10-18-25,26-19-11-6-12-20-26)31-22-23-14-13-21-27(32-23)33(29,30)24-15-7-4-8-16-24/h4-12,15-20,23,27H,13-14,21-22H2,1-3H3/t23-,27+/m1/s1. The average molecular weight is 495 g/mol. The van der Waals surface area contributed by atoms with Gasteiger partial charge in [-0.05, 0) is 46.8 Å². The molecule has 0 bridgehead atoms. The topological polar surface area (TPSA) is 52.6 Å². The molecule has 0 spiro atoms. The Kier molecular flexibility index (Phi) is 7.43. The van der Waals surface area contributed by atoms with E-state index in [9.17, 15) is 8.42 Å². The van der Waals surface area contributed by atoms with Gasteiger partial charge in [0.2, 0.25) is 9.84 Å². The van der Waals surface area contributed by atoms with Crippen LogP contribution in [-0.4, -0.2) is 34.9 Å². The van der Waals surface area contributed by atoms with E-state index >= 15 is 0 Å². The number of sulfone groups is 1. The third kappa shape index (κ3) is 4.91. The summed E-state index contributed by atoms with van der Waals surface area (Å²) in [4.78, 5) is 0.313. The highest BCUT2D eigenvalue weighted by Crippen LogP contribution is 2.37. The molecular weight excluding hydrogens is 460 g/mol. The van der Waals surface area contributed by atoms with Crippen LogP contribution < -0.4 is 10.4 Å². The molecule has 0 aromatic heterocycles. The van der Waals surface area contributed by atoms with Crippen molar-refractivity contribution in [3.8, 4) is 0 Å². The molecule has 0 radical (unpaired) electrons. The third-order valence-corrected chi connectivity index (χ3v) is 13.6. The summed E-state index contributed by atoms with van der Waals surface area (Å²) in [6.45, 7) is 7.09. The lowest BCUT2D eigenvalue weighted by atomic mass is 10.1. The highest BCUT2D eigenvalue weighted by Gasteiger charge is 2.50. The first kappa shape index (κ1) is 24.9. The van der Waals surface area contributed by atoms with Crippen LogP contribution in [0.3, 0.4) is 0 Å². The maximum Gasteiger partial charge on any atom is 0.261 e. The minimum atomic E-state index is -3.55. The minimum absolute atomic E-state index is 0.139. The Morgan fingerprint density at radius 1 is 0.824 bits per heavy atom. The summed E-state index contributed by atoms with van der Waals surface area (Å²) in [5.41, 5.74) is -0.837. The molecule has 3 aromatic carbocycles. The predicted octanol–water partition coefficient (Wildman–Crippen LogP) is 4.93. The molecule has 0 N–H and O–H groups in total. The molecule has 34 heavy (non-hydrogen) atoms. The Morgan fingerprint density at radius 2 is 1.32 bits per heavy atom. The molecule has 1 aliphatic heterocycles. The lowest BCUT2D eigenvalue weighted by Gasteiger charge is -2.44. The summed E-state index contributed by atoms with van der Waals surface area (Å²) in [7, 11) is -6.24. The van der Waals surface area contributed by atoms with Crippen LogP contribution in [0.4, 0.5) is 0 Å². The molecule has 1 heterocycles. The van der Waals surface area contributed by atoms with Crippen LogP contribution in [0.1, 0.15) is 40.0 Å². The van der Waals surface area contributed by atoms with Crippen LogP contribution in [0.5, 0.6) is 0 Å². The van der Waals surface area contributed by atoms with E-state index < -0.39 is 23.6 Å². The Bertz CT molecular complexity index is 1120. The summed E-state index contributed by atoms with van der Waals surface area (Å²) in [5, 5.41) is 2.27. The van der Waals surface area contributed by atoms with Gasteiger partial charge in [0.05, 0.1) is 17.6 Å². The number of ether oxygens (including phenoxy) is 1. The second-order valence-electron chi connectivity index (χ2n) is 9.95. The highest BCUT2D eigenvalue weighted by molar-refractivity contribution is 7.91. The van der Waals surface area contributed by atoms with Crippen LogP contribution in [0.25, 0.3) is 0 Å². The first-order chi connectivity index (χ1) is 16.2. The summed E-state index contributed by atoms with van der Waals surface area (Å²) < 4.78 is 39.5. The van der Waals surface area contributed by atoms with Crippen molar-refractivity contribution in [3.63, 3.8) is 0 Å². The van der Waals surface area contributed by atoms with Gasteiger partial charge in [-0.25, -0.2) is 8.42 Å². The monoisotopic (exact) mass is 494 g/mol. The van der Waals surface area contributed by atoms with Crippen LogP contribution in [-0.2, 0) is 19.0 Å². The van der Waals surface area contributed by atoms with E-state index in [-0.39, 0.29) is 11.1 Å². The van der Waals surface area contributed by atoms with Crippen molar-refractivity contribution in [2.24, 2.45) is 0 Å². The maximum atomic E-state index is 13.2. The van der Waals surface area contributed by atoms with Crippen molar-refractivity contribution in [3.05, 3.63) is 91.0 Å². The van der Waals surface area contributed by atoms with Crippen molar-refractivity contribution in [2.45, 2.75) is 61.5 Å².